The summed E-state index contributed by atoms with van der Waals surface area (Å²) >= 11 is 0. The van der Waals surface area contributed by atoms with E-state index in [0.29, 0.717) is 25.9 Å². The number of hydrogen-bond acceptors (Lipinski definition) is 7. The molecule has 2 aliphatic heterocycles. The first kappa shape index (κ1) is 36.3. The van der Waals surface area contributed by atoms with Crippen molar-refractivity contribution >= 4 is 45.9 Å². The molecule has 10 nitrogen and oxygen atoms in total. The van der Waals surface area contributed by atoms with Gasteiger partial charge in [-0.25, -0.2) is 0 Å². The summed E-state index contributed by atoms with van der Waals surface area (Å²) in [4.78, 5) is 2.03. The average molecular weight is 692 g/mol. The zero-order chi connectivity index (χ0) is 34.3. The van der Waals surface area contributed by atoms with Gasteiger partial charge >= 0.3 is 8.56 Å². The lowest BCUT2D eigenvalue weighted by molar-refractivity contribution is -0.440. The maximum absolute atomic E-state index is 12.2. The predicted octanol–water partition coefficient (Wildman–Crippen LogP) is 5.67. The second kappa shape index (κ2) is 13.1. The summed E-state index contributed by atoms with van der Waals surface area (Å²) in [5, 5.41) is 0. The van der Waals surface area contributed by atoms with E-state index in [2.05, 4.69) is 43.1 Å². The smallest absolute Gasteiger partial charge is 0.334 e. The standard InChI is InChI=1S/C33H46N2O8S2Si/c1-9-10-11-12-18-34-28-16-14-24(44(36,37)38)21-26(28)32(2,3)30(34)23-31-33(4,5)27-22-25(45(39,40)41)15-17-29(27)35(31)19-13-20-46(8,42-6)43-7/h1,14-17,21-22,31H,10-13,18-20,23H2,2-8H3,(H-,36,37,38,39,40,41)/p+1. The second-order valence-electron chi connectivity index (χ2n) is 13.5. The average Bonchev–Trinajstić information content (AvgIpc) is 3.32. The van der Waals surface area contributed by atoms with Gasteiger partial charge in [0.05, 0.1) is 21.6 Å². The Bertz CT molecular complexity index is 1770. The molecule has 0 saturated heterocycles. The number of benzene rings is 2. The van der Waals surface area contributed by atoms with Gasteiger partial charge < -0.3 is 13.8 Å². The van der Waals surface area contributed by atoms with E-state index in [9.17, 15) is 25.9 Å². The van der Waals surface area contributed by atoms with Crippen molar-refractivity contribution in [1.29, 1.82) is 0 Å². The van der Waals surface area contributed by atoms with Crippen LogP contribution in [0.15, 0.2) is 46.2 Å². The van der Waals surface area contributed by atoms with Crippen LogP contribution >= 0.6 is 0 Å². The predicted molar refractivity (Wildman–Crippen MR) is 182 cm³/mol. The molecule has 0 fully saturated rings. The molecule has 1 atom stereocenters. The fourth-order valence-corrected chi connectivity index (χ4v) is 9.42. The van der Waals surface area contributed by atoms with Crippen LogP contribution in [-0.4, -0.2) is 78.1 Å². The fraction of sp³-hybridized carbons (Fsp3) is 0.545. The van der Waals surface area contributed by atoms with Crippen molar-refractivity contribution in [2.24, 2.45) is 0 Å². The third-order valence-corrected chi connectivity index (χ3v) is 14.7. The van der Waals surface area contributed by atoms with Crippen LogP contribution in [-0.2, 0) is 39.9 Å². The maximum atomic E-state index is 12.2. The van der Waals surface area contributed by atoms with Crippen molar-refractivity contribution in [3.05, 3.63) is 47.5 Å². The Kier molecular flexibility index (Phi) is 10.4. The summed E-state index contributed by atoms with van der Waals surface area (Å²) in [5.41, 5.74) is 3.41. The Balaban J connectivity index is 1.83. The minimum Gasteiger partial charge on any atom is -0.398 e. The highest BCUT2D eigenvalue weighted by Gasteiger charge is 2.52. The second-order valence-corrected chi connectivity index (χ2v) is 19.9. The highest BCUT2D eigenvalue weighted by atomic mass is 32.2. The van der Waals surface area contributed by atoms with E-state index in [1.807, 2.05) is 6.55 Å². The van der Waals surface area contributed by atoms with Crippen LogP contribution in [0.4, 0.5) is 11.4 Å². The van der Waals surface area contributed by atoms with Gasteiger partial charge in [-0.15, -0.1) is 12.3 Å². The third-order valence-electron chi connectivity index (χ3n) is 9.99. The number of unbranched alkanes of at least 4 members (excludes halogenated alkanes) is 2. The van der Waals surface area contributed by atoms with Crippen molar-refractivity contribution in [3.63, 3.8) is 0 Å². The van der Waals surface area contributed by atoms with Crippen LogP contribution in [0.2, 0.25) is 12.6 Å². The zero-order valence-corrected chi connectivity index (χ0v) is 30.5. The zero-order valence-electron chi connectivity index (χ0n) is 27.8. The Morgan fingerprint density at radius 2 is 1.52 bits per heavy atom. The van der Waals surface area contributed by atoms with Gasteiger partial charge in [0.15, 0.2) is 5.71 Å². The molecule has 2 heterocycles. The van der Waals surface area contributed by atoms with E-state index in [4.69, 9.17) is 15.3 Å². The number of hydrogen-bond donors (Lipinski definition) is 2. The molecule has 0 amide bonds. The monoisotopic (exact) mass is 691 g/mol. The molecule has 2 aromatic rings. The van der Waals surface area contributed by atoms with Crippen LogP contribution in [0.25, 0.3) is 0 Å². The topological polar surface area (TPSA) is 133 Å². The lowest BCUT2D eigenvalue weighted by Crippen LogP contribution is -2.47. The Morgan fingerprint density at radius 3 is 2.09 bits per heavy atom. The third kappa shape index (κ3) is 6.99. The van der Waals surface area contributed by atoms with E-state index >= 15 is 0 Å². The number of anilines is 1. The Morgan fingerprint density at radius 1 is 0.935 bits per heavy atom. The molecule has 2 aliphatic rings. The van der Waals surface area contributed by atoms with E-state index in [1.54, 1.807) is 38.5 Å². The van der Waals surface area contributed by atoms with Crippen molar-refractivity contribution in [1.82, 2.24) is 0 Å². The first-order valence-electron chi connectivity index (χ1n) is 15.5. The minimum absolute atomic E-state index is 0.116. The van der Waals surface area contributed by atoms with E-state index < -0.39 is 39.6 Å². The molecular formula is C33H47N2O8S2Si+. The highest BCUT2D eigenvalue weighted by Crippen LogP contribution is 2.50. The molecule has 1 unspecified atom stereocenters. The van der Waals surface area contributed by atoms with Crippen molar-refractivity contribution in [2.45, 2.75) is 99.1 Å². The van der Waals surface area contributed by atoms with Crippen LogP contribution in [0, 0.1) is 12.3 Å². The SMILES string of the molecule is C#CCCCC[N+]1=C(CC2N(CCC[Si](C)(OC)OC)c3ccc(S(=O)(=O)O)cc3C2(C)C)C(C)(C)c2cc(S(=O)(=O)O)ccc21. The van der Waals surface area contributed by atoms with E-state index in [-0.39, 0.29) is 15.8 Å². The fourth-order valence-electron chi connectivity index (χ4n) is 7.03. The van der Waals surface area contributed by atoms with Gasteiger partial charge in [0.2, 0.25) is 5.69 Å². The molecule has 0 bridgehead atoms. The van der Waals surface area contributed by atoms with Crippen LogP contribution in [0.5, 0.6) is 0 Å². The molecule has 4 rings (SSSR count). The van der Waals surface area contributed by atoms with Crippen molar-refractivity contribution < 1.29 is 39.4 Å². The summed E-state index contributed by atoms with van der Waals surface area (Å²) in [6.45, 7) is 11.7. The molecule has 2 aromatic carbocycles. The van der Waals surface area contributed by atoms with Gasteiger partial charge in [-0.2, -0.15) is 21.4 Å². The van der Waals surface area contributed by atoms with Crippen molar-refractivity contribution in [2.75, 3.05) is 32.2 Å². The van der Waals surface area contributed by atoms with Gasteiger partial charge in [-0.3, -0.25) is 9.11 Å². The first-order valence-corrected chi connectivity index (χ1v) is 20.9. The molecule has 0 saturated carbocycles. The lowest BCUT2D eigenvalue weighted by atomic mass is 9.73. The van der Waals surface area contributed by atoms with E-state index in [1.165, 1.54) is 12.1 Å². The Labute approximate surface area is 275 Å². The molecule has 13 heteroatoms. The summed E-state index contributed by atoms with van der Waals surface area (Å²) < 4.78 is 82.1. The van der Waals surface area contributed by atoms with Crippen LogP contribution in [0.3, 0.4) is 0 Å². The van der Waals surface area contributed by atoms with Gasteiger partial charge in [0.1, 0.15) is 6.54 Å². The van der Waals surface area contributed by atoms with Crippen molar-refractivity contribution in [3.8, 4) is 12.3 Å². The molecule has 0 radical (unpaired) electrons. The summed E-state index contributed by atoms with van der Waals surface area (Å²) in [6, 6.07) is 10.2. The molecule has 0 aromatic heterocycles. The van der Waals surface area contributed by atoms with E-state index in [0.717, 1.165) is 53.5 Å². The molecule has 0 spiro atoms. The minimum atomic E-state index is -4.41. The highest BCUT2D eigenvalue weighted by molar-refractivity contribution is 7.86. The summed E-state index contributed by atoms with van der Waals surface area (Å²) in [5.74, 6) is 2.70. The number of terminal acetylenes is 1. The van der Waals surface area contributed by atoms with Gasteiger partial charge in [-0.05, 0) is 75.2 Å². The first-order chi connectivity index (χ1) is 21.3. The molecule has 252 valence electrons. The van der Waals surface area contributed by atoms with Gasteiger partial charge in [0, 0.05) is 62.4 Å². The number of rotatable bonds is 14. The number of fused-ring (bicyclic) bond motifs is 2. The molecule has 46 heavy (non-hydrogen) atoms. The normalized spacial score (nSPS) is 18.9. The molecule has 2 N–H and O–H groups in total. The molecule has 0 aliphatic carbocycles. The maximum Gasteiger partial charge on any atom is 0.334 e. The Hall–Kier alpha value is -2.57. The molecular weight excluding hydrogens is 645 g/mol. The van der Waals surface area contributed by atoms with Gasteiger partial charge in [0.25, 0.3) is 20.2 Å². The quantitative estimate of drug-likeness (QED) is 0.0845. The largest absolute Gasteiger partial charge is 0.398 e. The van der Waals surface area contributed by atoms with Gasteiger partial charge in [-0.1, -0.05) is 13.8 Å². The van der Waals surface area contributed by atoms with Crippen LogP contribution < -0.4 is 4.90 Å². The summed E-state index contributed by atoms with van der Waals surface area (Å²) in [6.07, 6.45) is 9.21. The summed E-state index contributed by atoms with van der Waals surface area (Å²) in [7, 11) is -7.82. The number of nitrogens with zero attached hydrogens (tertiary/aromatic N) is 2. The van der Waals surface area contributed by atoms with Crippen LogP contribution in [0.1, 0.15) is 70.9 Å². The lowest BCUT2D eigenvalue weighted by Gasteiger charge is -2.36.